The van der Waals surface area contributed by atoms with Crippen molar-refractivity contribution in [3.8, 4) is 5.75 Å². The summed E-state index contributed by atoms with van der Waals surface area (Å²) in [5.41, 5.74) is 1.07. The Morgan fingerprint density at radius 1 is 1.28 bits per heavy atom. The summed E-state index contributed by atoms with van der Waals surface area (Å²) >= 11 is 2.27. The van der Waals surface area contributed by atoms with Crippen LogP contribution in [0.15, 0.2) is 42.6 Å². The summed E-state index contributed by atoms with van der Waals surface area (Å²) in [5, 5.41) is 3.16. The summed E-state index contributed by atoms with van der Waals surface area (Å²) in [7, 11) is 0. The van der Waals surface area contributed by atoms with Gasteiger partial charge in [0, 0.05) is 21.9 Å². The Bertz CT molecular complexity index is 499. The molecule has 1 heterocycles. The Hall–Kier alpha value is -1.30. The summed E-state index contributed by atoms with van der Waals surface area (Å²) in [4.78, 5) is 4.31. The number of hydrogen-bond donors (Lipinski definition) is 1. The van der Waals surface area contributed by atoms with E-state index in [1.807, 2.05) is 42.6 Å². The molecule has 0 aliphatic heterocycles. The van der Waals surface area contributed by atoms with E-state index in [1.54, 1.807) is 0 Å². The van der Waals surface area contributed by atoms with E-state index < -0.39 is 0 Å². The highest BCUT2D eigenvalue weighted by Crippen LogP contribution is 2.16. The largest absolute Gasteiger partial charge is 0.489 e. The second-order valence-corrected chi connectivity index (χ2v) is 5.07. The lowest BCUT2D eigenvalue weighted by Crippen LogP contribution is -2.01. The normalized spacial score (nSPS) is 10.1. The third-order valence-corrected chi connectivity index (χ3v) is 3.06. The van der Waals surface area contributed by atoms with Crippen LogP contribution in [-0.2, 0) is 6.61 Å². The molecule has 1 aromatic carbocycles. The smallest absolute Gasteiger partial charge is 0.125 e. The molecule has 0 spiro atoms. The van der Waals surface area contributed by atoms with Gasteiger partial charge in [-0.25, -0.2) is 4.98 Å². The van der Waals surface area contributed by atoms with E-state index in [1.165, 1.54) is 3.57 Å². The SMILES string of the molecule is CCNc1ccc(COc2cccc(I)c2)cn1. The van der Waals surface area contributed by atoms with Crippen molar-refractivity contribution in [1.82, 2.24) is 4.98 Å². The second-order valence-electron chi connectivity index (χ2n) is 3.83. The summed E-state index contributed by atoms with van der Waals surface area (Å²) < 4.78 is 6.88. The minimum atomic E-state index is 0.541. The maximum absolute atomic E-state index is 5.71. The molecule has 2 rings (SSSR count). The van der Waals surface area contributed by atoms with E-state index in [0.29, 0.717) is 6.61 Å². The Morgan fingerprint density at radius 2 is 2.17 bits per heavy atom. The predicted octanol–water partition coefficient (Wildman–Crippen LogP) is 3.70. The molecule has 3 nitrogen and oxygen atoms in total. The number of anilines is 1. The van der Waals surface area contributed by atoms with Crippen LogP contribution in [0.4, 0.5) is 5.82 Å². The van der Waals surface area contributed by atoms with Gasteiger partial charge in [-0.15, -0.1) is 0 Å². The van der Waals surface area contributed by atoms with Crippen molar-refractivity contribution >= 4 is 28.4 Å². The zero-order chi connectivity index (χ0) is 12.8. The molecule has 4 heteroatoms. The molecule has 1 N–H and O–H groups in total. The van der Waals surface area contributed by atoms with Crippen LogP contribution in [0.1, 0.15) is 12.5 Å². The zero-order valence-electron chi connectivity index (χ0n) is 10.2. The highest BCUT2D eigenvalue weighted by atomic mass is 127. The van der Waals surface area contributed by atoms with Crippen LogP contribution >= 0.6 is 22.6 Å². The predicted molar refractivity (Wildman–Crippen MR) is 81.9 cm³/mol. The fourth-order valence-electron chi connectivity index (χ4n) is 1.52. The summed E-state index contributed by atoms with van der Waals surface area (Å²) in [5.74, 6) is 1.79. The van der Waals surface area contributed by atoms with E-state index in [0.717, 1.165) is 23.7 Å². The number of benzene rings is 1. The number of rotatable bonds is 5. The molecule has 0 aliphatic rings. The molecular formula is C14H15IN2O. The third kappa shape index (κ3) is 3.87. The highest BCUT2D eigenvalue weighted by Gasteiger charge is 1.98. The fourth-order valence-corrected chi connectivity index (χ4v) is 2.03. The van der Waals surface area contributed by atoms with E-state index in [4.69, 9.17) is 4.74 Å². The quantitative estimate of drug-likeness (QED) is 0.832. The number of nitrogens with zero attached hydrogens (tertiary/aromatic N) is 1. The van der Waals surface area contributed by atoms with Crippen LogP contribution in [0.5, 0.6) is 5.75 Å². The van der Waals surface area contributed by atoms with Gasteiger partial charge in [0.05, 0.1) is 0 Å². The molecular weight excluding hydrogens is 339 g/mol. The molecule has 0 amide bonds. The molecule has 94 valence electrons. The van der Waals surface area contributed by atoms with Crippen molar-refractivity contribution in [3.63, 3.8) is 0 Å². The first-order valence-corrected chi connectivity index (χ1v) is 6.93. The lowest BCUT2D eigenvalue weighted by Gasteiger charge is -2.07. The number of hydrogen-bond acceptors (Lipinski definition) is 3. The Morgan fingerprint density at radius 3 is 2.83 bits per heavy atom. The van der Waals surface area contributed by atoms with Crippen LogP contribution in [0.25, 0.3) is 0 Å². The lowest BCUT2D eigenvalue weighted by atomic mass is 10.3. The van der Waals surface area contributed by atoms with Crippen LogP contribution in [0.2, 0.25) is 0 Å². The second kappa shape index (κ2) is 6.58. The van der Waals surface area contributed by atoms with Crippen molar-refractivity contribution < 1.29 is 4.74 Å². The van der Waals surface area contributed by atoms with Gasteiger partial charge in [-0.05, 0) is 53.8 Å². The molecule has 18 heavy (non-hydrogen) atoms. The number of ether oxygens (including phenoxy) is 1. The Labute approximate surface area is 121 Å². The summed E-state index contributed by atoms with van der Waals surface area (Å²) in [6.45, 7) is 3.47. The molecule has 0 saturated heterocycles. The van der Waals surface area contributed by atoms with Crippen molar-refractivity contribution in [2.45, 2.75) is 13.5 Å². The number of pyridine rings is 1. The van der Waals surface area contributed by atoms with Crippen LogP contribution in [0.3, 0.4) is 0 Å². The Balaban J connectivity index is 1.93. The Kier molecular flexibility index (Phi) is 4.81. The third-order valence-electron chi connectivity index (χ3n) is 2.38. The van der Waals surface area contributed by atoms with Crippen LogP contribution < -0.4 is 10.1 Å². The van der Waals surface area contributed by atoms with E-state index in [9.17, 15) is 0 Å². The van der Waals surface area contributed by atoms with Gasteiger partial charge >= 0.3 is 0 Å². The van der Waals surface area contributed by atoms with Gasteiger partial charge < -0.3 is 10.1 Å². The molecule has 1 aromatic heterocycles. The van der Waals surface area contributed by atoms with E-state index >= 15 is 0 Å². The van der Waals surface area contributed by atoms with Crippen molar-refractivity contribution in [2.75, 3.05) is 11.9 Å². The van der Waals surface area contributed by atoms with Crippen molar-refractivity contribution in [1.29, 1.82) is 0 Å². The maximum atomic E-state index is 5.71. The molecule has 0 radical (unpaired) electrons. The van der Waals surface area contributed by atoms with Gasteiger partial charge in [-0.2, -0.15) is 0 Å². The molecule has 2 aromatic rings. The molecule has 0 aliphatic carbocycles. The number of nitrogens with one attached hydrogen (secondary N) is 1. The first-order chi connectivity index (χ1) is 8.78. The van der Waals surface area contributed by atoms with Gasteiger partial charge in [-0.1, -0.05) is 12.1 Å². The van der Waals surface area contributed by atoms with Gasteiger partial charge in [0.2, 0.25) is 0 Å². The molecule has 0 atom stereocenters. The first-order valence-electron chi connectivity index (χ1n) is 5.85. The average Bonchev–Trinajstić information content (AvgIpc) is 2.38. The maximum Gasteiger partial charge on any atom is 0.125 e. The standard InChI is InChI=1S/C14H15IN2O/c1-2-16-14-7-6-11(9-17-14)10-18-13-5-3-4-12(15)8-13/h3-9H,2,10H2,1H3,(H,16,17). The molecule has 0 saturated carbocycles. The molecule has 0 unspecified atom stereocenters. The van der Waals surface area contributed by atoms with E-state index in [-0.39, 0.29) is 0 Å². The molecule has 0 fully saturated rings. The van der Waals surface area contributed by atoms with Gasteiger partial charge in [-0.3, -0.25) is 0 Å². The topological polar surface area (TPSA) is 34.1 Å². The van der Waals surface area contributed by atoms with Crippen LogP contribution in [0, 0.1) is 3.57 Å². The van der Waals surface area contributed by atoms with Crippen molar-refractivity contribution in [3.05, 3.63) is 51.7 Å². The first kappa shape index (κ1) is 13.1. The lowest BCUT2D eigenvalue weighted by molar-refractivity contribution is 0.305. The number of halogens is 1. The van der Waals surface area contributed by atoms with Crippen LogP contribution in [-0.4, -0.2) is 11.5 Å². The minimum Gasteiger partial charge on any atom is -0.489 e. The summed E-state index contributed by atoms with van der Waals surface area (Å²) in [6, 6.07) is 12.0. The van der Waals surface area contributed by atoms with Gasteiger partial charge in [0.25, 0.3) is 0 Å². The summed E-state index contributed by atoms with van der Waals surface area (Å²) in [6.07, 6.45) is 1.84. The number of aromatic nitrogens is 1. The van der Waals surface area contributed by atoms with Gasteiger partial charge in [0.1, 0.15) is 18.2 Å². The fraction of sp³-hybridized carbons (Fsp3) is 0.214. The van der Waals surface area contributed by atoms with E-state index in [2.05, 4.69) is 39.8 Å². The van der Waals surface area contributed by atoms with Crippen molar-refractivity contribution in [2.24, 2.45) is 0 Å². The zero-order valence-corrected chi connectivity index (χ0v) is 12.3. The molecule has 0 bridgehead atoms. The van der Waals surface area contributed by atoms with Gasteiger partial charge in [0.15, 0.2) is 0 Å². The minimum absolute atomic E-state index is 0.541. The monoisotopic (exact) mass is 354 g/mol. The average molecular weight is 354 g/mol. The highest BCUT2D eigenvalue weighted by molar-refractivity contribution is 14.1.